The normalized spacial score (nSPS) is 22.6. The molecule has 1 aromatic heterocycles. The van der Waals surface area contributed by atoms with Gasteiger partial charge in [-0.25, -0.2) is 0 Å². The summed E-state index contributed by atoms with van der Waals surface area (Å²) in [6.45, 7) is 0. The molecular formula is C15H14ClNO4. The van der Waals surface area contributed by atoms with Crippen LogP contribution in [0.5, 0.6) is 17.5 Å². The number of benzene rings is 1. The van der Waals surface area contributed by atoms with Gasteiger partial charge in [-0.3, -0.25) is 4.57 Å². The van der Waals surface area contributed by atoms with Gasteiger partial charge in [-0.1, -0.05) is 11.6 Å². The molecule has 0 saturated carbocycles. The van der Waals surface area contributed by atoms with E-state index < -0.39 is 0 Å². The smallest absolute Gasteiger partial charge is 0.205 e. The van der Waals surface area contributed by atoms with Crippen molar-refractivity contribution in [3.63, 3.8) is 0 Å². The predicted molar refractivity (Wildman–Crippen MR) is 76.5 cm³/mol. The summed E-state index contributed by atoms with van der Waals surface area (Å²) < 4.78 is 12.2. The lowest BCUT2D eigenvalue weighted by Crippen LogP contribution is -1.97. The van der Waals surface area contributed by atoms with Crippen molar-refractivity contribution >= 4 is 11.6 Å². The van der Waals surface area contributed by atoms with Gasteiger partial charge in [-0.15, -0.1) is 0 Å². The maximum Gasteiger partial charge on any atom is 0.205 e. The van der Waals surface area contributed by atoms with Crippen molar-refractivity contribution in [2.75, 3.05) is 7.11 Å². The minimum atomic E-state index is -0.120. The van der Waals surface area contributed by atoms with Crippen LogP contribution in [0.25, 0.3) is 5.69 Å². The summed E-state index contributed by atoms with van der Waals surface area (Å²) in [5, 5.41) is 21.4. The lowest BCUT2D eigenvalue weighted by Gasteiger charge is -2.11. The van der Waals surface area contributed by atoms with Crippen molar-refractivity contribution < 1.29 is 19.7 Å². The molecule has 21 heavy (non-hydrogen) atoms. The number of aromatic nitrogens is 1. The fourth-order valence-corrected chi connectivity index (χ4v) is 3.57. The Morgan fingerprint density at radius 2 is 1.81 bits per heavy atom. The van der Waals surface area contributed by atoms with Crippen LogP contribution in [0.4, 0.5) is 0 Å². The van der Waals surface area contributed by atoms with Crippen molar-refractivity contribution in [2.45, 2.75) is 25.0 Å². The molecule has 3 heterocycles. The third-order valence-electron chi connectivity index (χ3n) is 4.25. The summed E-state index contributed by atoms with van der Waals surface area (Å²) in [5.74, 6) is 0.592. The lowest BCUT2D eigenvalue weighted by molar-refractivity contribution is 0.0683. The van der Waals surface area contributed by atoms with Crippen LogP contribution >= 0.6 is 11.6 Å². The van der Waals surface area contributed by atoms with Crippen LogP contribution in [0.1, 0.15) is 36.2 Å². The molecule has 2 N–H and O–H groups in total. The SMILES string of the molecule is COc1ccc(-n2c(O)c3c(c2O)[C@H]2CC[C@@H]3O2)cc1Cl. The first-order chi connectivity index (χ1) is 10.1. The zero-order chi connectivity index (χ0) is 14.7. The highest BCUT2D eigenvalue weighted by Crippen LogP contribution is 2.58. The average Bonchev–Trinajstić information content (AvgIpc) is 3.13. The molecular weight excluding hydrogens is 294 g/mol. The fourth-order valence-electron chi connectivity index (χ4n) is 3.32. The van der Waals surface area contributed by atoms with Crippen LogP contribution in [-0.2, 0) is 4.74 Å². The average molecular weight is 308 g/mol. The number of hydrogen-bond acceptors (Lipinski definition) is 4. The molecule has 0 amide bonds. The van der Waals surface area contributed by atoms with Crippen LogP contribution in [0.15, 0.2) is 18.2 Å². The van der Waals surface area contributed by atoms with E-state index in [0.717, 1.165) is 12.8 Å². The fraction of sp³-hybridized carbons (Fsp3) is 0.333. The van der Waals surface area contributed by atoms with Crippen molar-refractivity contribution in [3.05, 3.63) is 34.3 Å². The van der Waals surface area contributed by atoms with Crippen LogP contribution in [0.2, 0.25) is 5.02 Å². The van der Waals surface area contributed by atoms with E-state index in [2.05, 4.69) is 0 Å². The molecule has 4 rings (SSSR count). The highest BCUT2D eigenvalue weighted by atomic mass is 35.5. The first-order valence-electron chi connectivity index (χ1n) is 6.77. The van der Waals surface area contributed by atoms with Gasteiger partial charge < -0.3 is 19.7 Å². The summed E-state index contributed by atoms with van der Waals surface area (Å²) in [4.78, 5) is 0. The molecule has 2 aliphatic rings. The Morgan fingerprint density at radius 3 is 2.33 bits per heavy atom. The Morgan fingerprint density at radius 1 is 1.19 bits per heavy atom. The molecule has 1 saturated heterocycles. The van der Waals surface area contributed by atoms with Gasteiger partial charge >= 0.3 is 0 Å². The van der Waals surface area contributed by atoms with Crippen LogP contribution in [-0.4, -0.2) is 21.9 Å². The van der Waals surface area contributed by atoms with E-state index in [-0.39, 0.29) is 24.0 Å². The van der Waals surface area contributed by atoms with Gasteiger partial charge in [0.2, 0.25) is 11.8 Å². The molecule has 110 valence electrons. The third kappa shape index (κ3) is 1.61. The Balaban J connectivity index is 1.89. The van der Waals surface area contributed by atoms with Gasteiger partial charge in [0.1, 0.15) is 5.75 Å². The molecule has 2 bridgehead atoms. The second kappa shape index (κ2) is 4.32. The highest BCUT2D eigenvalue weighted by Gasteiger charge is 2.45. The Labute approximate surface area is 126 Å². The van der Waals surface area contributed by atoms with Crippen molar-refractivity contribution in [1.82, 2.24) is 4.57 Å². The maximum atomic E-state index is 10.5. The second-order valence-electron chi connectivity index (χ2n) is 5.32. The maximum absolute atomic E-state index is 10.5. The van der Waals surface area contributed by atoms with E-state index in [9.17, 15) is 10.2 Å². The molecule has 2 aliphatic heterocycles. The first-order valence-corrected chi connectivity index (χ1v) is 7.15. The molecule has 0 spiro atoms. The molecule has 2 atom stereocenters. The van der Waals surface area contributed by atoms with Crippen molar-refractivity contribution in [1.29, 1.82) is 0 Å². The summed E-state index contributed by atoms with van der Waals surface area (Å²) in [5.41, 5.74) is 2.00. The Hall–Kier alpha value is -1.85. The van der Waals surface area contributed by atoms with Gasteiger partial charge in [-0.2, -0.15) is 0 Å². The summed E-state index contributed by atoms with van der Waals surface area (Å²) in [6.07, 6.45) is 1.51. The van der Waals surface area contributed by atoms with Gasteiger partial charge in [0, 0.05) is 0 Å². The molecule has 0 aliphatic carbocycles. The molecule has 1 aromatic carbocycles. The largest absolute Gasteiger partial charge is 0.495 e. The minimum absolute atomic E-state index is 0.0240. The van der Waals surface area contributed by atoms with Crippen LogP contribution < -0.4 is 4.74 Å². The summed E-state index contributed by atoms with van der Waals surface area (Å²) in [7, 11) is 1.54. The standard InChI is InChI=1S/C15H14ClNO4/c1-20-9-3-2-7(6-8(9)16)17-14(18)12-10-4-5-11(21-10)13(12)15(17)19/h2-3,6,10-11,18-19H,4-5H2,1H3/t10-,11+. The van der Waals surface area contributed by atoms with Gasteiger partial charge in [0.05, 0.1) is 41.2 Å². The number of rotatable bonds is 2. The van der Waals surface area contributed by atoms with Crippen molar-refractivity contribution in [2.24, 2.45) is 0 Å². The van der Waals surface area contributed by atoms with E-state index in [1.54, 1.807) is 18.2 Å². The second-order valence-corrected chi connectivity index (χ2v) is 5.73. The number of aromatic hydroxyl groups is 2. The molecule has 1 fully saturated rings. The minimum Gasteiger partial charge on any atom is -0.495 e. The Bertz CT molecular complexity index is 706. The zero-order valence-electron chi connectivity index (χ0n) is 11.3. The molecule has 2 aromatic rings. The number of halogens is 1. The van der Waals surface area contributed by atoms with E-state index >= 15 is 0 Å². The first kappa shape index (κ1) is 12.9. The summed E-state index contributed by atoms with van der Waals surface area (Å²) in [6, 6.07) is 5.09. The van der Waals surface area contributed by atoms with E-state index in [4.69, 9.17) is 21.1 Å². The number of ether oxygens (including phenoxy) is 2. The number of fused-ring (bicyclic) bond motifs is 5. The zero-order valence-corrected chi connectivity index (χ0v) is 12.1. The topological polar surface area (TPSA) is 63.9 Å². The van der Waals surface area contributed by atoms with Crippen LogP contribution in [0.3, 0.4) is 0 Å². The third-order valence-corrected chi connectivity index (χ3v) is 4.55. The van der Waals surface area contributed by atoms with Crippen molar-refractivity contribution in [3.8, 4) is 23.2 Å². The summed E-state index contributed by atoms with van der Waals surface area (Å²) >= 11 is 6.12. The van der Waals surface area contributed by atoms with Gasteiger partial charge in [-0.05, 0) is 31.0 Å². The number of nitrogens with zero attached hydrogens (tertiary/aromatic N) is 1. The lowest BCUT2D eigenvalue weighted by atomic mass is 9.95. The van der Waals surface area contributed by atoms with Crippen LogP contribution in [0, 0.1) is 0 Å². The van der Waals surface area contributed by atoms with E-state index in [1.807, 2.05) is 0 Å². The molecule has 0 radical (unpaired) electrons. The molecule has 5 nitrogen and oxygen atoms in total. The Kier molecular flexibility index (Phi) is 2.65. The van der Waals surface area contributed by atoms with Gasteiger partial charge in [0.25, 0.3) is 0 Å². The highest BCUT2D eigenvalue weighted by molar-refractivity contribution is 6.32. The number of hydrogen-bond donors (Lipinski definition) is 2. The van der Waals surface area contributed by atoms with Gasteiger partial charge in [0.15, 0.2) is 0 Å². The number of methoxy groups -OCH3 is 1. The van der Waals surface area contributed by atoms with E-state index in [1.165, 1.54) is 11.7 Å². The predicted octanol–water partition coefficient (Wildman–Crippen LogP) is 3.46. The monoisotopic (exact) mass is 307 g/mol. The molecule has 6 heteroatoms. The molecule has 0 unspecified atom stereocenters. The van der Waals surface area contributed by atoms with E-state index in [0.29, 0.717) is 27.6 Å². The quantitative estimate of drug-likeness (QED) is 0.892.